The molecular weight excluding hydrogens is 386 g/mol. The molecule has 0 aliphatic carbocycles. The van der Waals surface area contributed by atoms with Crippen molar-refractivity contribution < 1.29 is 13.9 Å². The van der Waals surface area contributed by atoms with Crippen molar-refractivity contribution in [1.29, 1.82) is 0 Å². The Hall–Kier alpha value is -3.37. The second kappa shape index (κ2) is 10.1. The first kappa shape index (κ1) is 20.9. The third-order valence-electron chi connectivity index (χ3n) is 5.51. The number of fused-ring (bicyclic) bond motifs is 1. The van der Waals surface area contributed by atoms with Gasteiger partial charge in [0.1, 0.15) is 11.3 Å². The average molecular weight is 414 g/mol. The van der Waals surface area contributed by atoms with Crippen molar-refractivity contribution in [3.8, 4) is 0 Å². The molecule has 4 aromatic rings. The lowest BCUT2D eigenvalue weighted by atomic mass is 9.91. The molecule has 0 bridgehead atoms. The normalized spacial score (nSPS) is 11.2. The zero-order valence-electron chi connectivity index (χ0n) is 17.7. The van der Waals surface area contributed by atoms with E-state index < -0.39 is 0 Å². The highest BCUT2D eigenvalue weighted by Gasteiger charge is 2.13. The first-order chi connectivity index (χ1) is 15.2. The molecule has 4 heteroatoms. The summed E-state index contributed by atoms with van der Waals surface area (Å²) in [5, 5.41) is 4.62. The summed E-state index contributed by atoms with van der Waals surface area (Å²) in [5.41, 5.74) is 4.39. The van der Waals surface area contributed by atoms with E-state index in [1.807, 2.05) is 18.2 Å². The van der Waals surface area contributed by atoms with E-state index in [1.54, 1.807) is 0 Å². The van der Waals surface area contributed by atoms with Crippen LogP contribution in [-0.4, -0.2) is 26.2 Å². The van der Waals surface area contributed by atoms with Gasteiger partial charge in [0.05, 0.1) is 13.5 Å². The largest absolute Gasteiger partial charge is 0.469 e. The van der Waals surface area contributed by atoms with Gasteiger partial charge in [0.25, 0.3) is 0 Å². The number of benzene rings is 3. The number of methoxy groups -OCH3 is 1. The van der Waals surface area contributed by atoms with Gasteiger partial charge in [-0.1, -0.05) is 66.7 Å². The van der Waals surface area contributed by atoms with E-state index in [0.717, 1.165) is 41.8 Å². The first-order valence-corrected chi connectivity index (χ1v) is 10.6. The molecule has 0 aliphatic heterocycles. The van der Waals surface area contributed by atoms with Crippen molar-refractivity contribution in [3.05, 3.63) is 107 Å². The number of esters is 1. The Morgan fingerprint density at radius 1 is 0.935 bits per heavy atom. The summed E-state index contributed by atoms with van der Waals surface area (Å²) in [6.07, 6.45) is 1.08. The fraction of sp³-hybridized carbons (Fsp3) is 0.222. The summed E-state index contributed by atoms with van der Waals surface area (Å²) in [6, 6.07) is 29.1. The highest BCUT2D eigenvalue weighted by molar-refractivity contribution is 5.81. The third-order valence-corrected chi connectivity index (χ3v) is 5.51. The quantitative estimate of drug-likeness (QED) is 0.306. The van der Waals surface area contributed by atoms with Crippen LogP contribution in [0.2, 0.25) is 0 Å². The van der Waals surface area contributed by atoms with Gasteiger partial charge < -0.3 is 14.5 Å². The third kappa shape index (κ3) is 5.41. The van der Waals surface area contributed by atoms with Crippen molar-refractivity contribution in [1.82, 2.24) is 5.32 Å². The maximum atomic E-state index is 11.5. The van der Waals surface area contributed by atoms with Gasteiger partial charge in [-0.05, 0) is 34.9 Å². The molecule has 0 amide bonds. The molecular formula is C27H27NO3. The van der Waals surface area contributed by atoms with Gasteiger partial charge in [-0.3, -0.25) is 4.79 Å². The second-order valence-electron chi connectivity index (χ2n) is 7.67. The van der Waals surface area contributed by atoms with Crippen LogP contribution < -0.4 is 5.32 Å². The van der Waals surface area contributed by atoms with Gasteiger partial charge in [0.2, 0.25) is 0 Å². The predicted octanol–water partition coefficient (Wildman–Crippen LogP) is 5.11. The summed E-state index contributed by atoms with van der Waals surface area (Å²) in [7, 11) is 1.41. The Morgan fingerprint density at radius 2 is 1.61 bits per heavy atom. The average Bonchev–Trinajstić information content (AvgIpc) is 3.22. The fourth-order valence-electron chi connectivity index (χ4n) is 3.88. The van der Waals surface area contributed by atoms with Gasteiger partial charge in [-0.2, -0.15) is 0 Å². The molecule has 0 atom stereocenters. The zero-order chi connectivity index (χ0) is 21.5. The van der Waals surface area contributed by atoms with Crippen LogP contribution in [0.15, 0.2) is 89.3 Å². The van der Waals surface area contributed by atoms with Crippen molar-refractivity contribution in [2.75, 3.05) is 20.2 Å². The van der Waals surface area contributed by atoms with Crippen LogP contribution in [0.25, 0.3) is 11.0 Å². The molecule has 0 fully saturated rings. The Bertz CT molecular complexity index is 1080. The number of hydrogen-bond donors (Lipinski definition) is 1. The molecule has 158 valence electrons. The van der Waals surface area contributed by atoms with Gasteiger partial charge in [0.15, 0.2) is 0 Å². The van der Waals surface area contributed by atoms with E-state index in [2.05, 4.69) is 72.0 Å². The minimum atomic E-state index is -0.237. The van der Waals surface area contributed by atoms with E-state index in [4.69, 9.17) is 9.15 Å². The topological polar surface area (TPSA) is 51.5 Å². The summed E-state index contributed by atoms with van der Waals surface area (Å²) in [5.74, 6) is 1.01. The Balaban J connectivity index is 1.37. The Kier molecular flexibility index (Phi) is 6.80. The lowest BCUT2D eigenvalue weighted by Gasteiger charge is -2.18. The molecule has 0 saturated carbocycles. The van der Waals surface area contributed by atoms with E-state index in [0.29, 0.717) is 5.92 Å². The summed E-state index contributed by atoms with van der Waals surface area (Å²) in [6.45, 7) is 1.68. The number of furan rings is 1. The van der Waals surface area contributed by atoms with Crippen LogP contribution in [0.4, 0.5) is 0 Å². The molecule has 4 nitrogen and oxygen atoms in total. The number of carbonyl (C=O) groups is 1. The van der Waals surface area contributed by atoms with Crippen LogP contribution >= 0.6 is 0 Å². The van der Waals surface area contributed by atoms with E-state index >= 15 is 0 Å². The van der Waals surface area contributed by atoms with Crippen LogP contribution in [0.3, 0.4) is 0 Å². The lowest BCUT2D eigenvalue weighted by molar-refractivity contribution is -0.139. The molecule has 1 heterocycles. The standard InChI is InChI=1S/C27H27NO3/c1-30-27(29)17-20-12-13-26-23(16-20)18-24(31-26)14-15-28-19-25(21-8-4-2-5-9-21)22-10-6-3-7-11-22/h2-13,16,18,25,28H,14-15,17,19H2,1H3. The summed E-state index contributed by atoms with van der Waals surface area (Å²) in [4.78, 5) is 11.5. The van der Waals surface area contributed by atoms with Crippen molar-refractivity contribution in [3.63, 3.8) is 0 Å². The van der Waals surface area contributed by atoms with E-state index in [1.165, 1.54) is 18.2 Å². The van der Waals surface area contributed by atoms with Gasteiger partial charge >= 0.3 is 5.97 Å². The van der Waals surface area contributed by atoms with Gasteiger partial charge in [-0.15, -0.1) is 0 Å². The summed E-state index contributed by atoms with van der Waals surface area (Å²) >= 11 is 0. The van der Waals surface area contributed by atoms with Crippen LogP contribution in [0, 0.1) is 0 Å². The Labute approximate surface area is 182 Å². The maximum Gasteiger partial charge on any atom is 0.309 e. The number of rotatable bonds is 9. The van der Waals surface area contributed by atoms with E-state index in [-0.39, 0.29) is 12.4 Å². The molecule has 31 heavy (non-hydrogen) atoms. The molecule has 4 rings (SSSR count). The fourth-order valence-corrected chi connectivity index (χ4v) is 3.88. The Morgan fingerprint density at radius 3 is 2.26 bits per heavy atom. The minimum absolute atomic E-state index is 0.237. The predicted molar refractivity (Wildman–Crippen MR) is 123 cm³/mol. The van der Waals surface area contributed by atoms with Crippen molar-refractivity contribution >= 4 is 16.9 Å². The number of hydrogen-bond acceptors (Lipinski definition) is 4. The number of ether oxygens (including phenoxy) is 1. The van der Waals surface area contributed by atoms with Crippen molar-refractivity contribution in [2.45, 2.75) is 18.8 Å². The molecule has 0 saturated heterocycles. The lowest BCUT2D eigenvalue weighted by Crippen LogP contribution is -2.24. The molecule has 1 N–H and O–H groups in total. The monoisotopic (exact) mass is 413 g/mol. The second-order valence-corrected chi connectivity index (χ2v) is 7.67. The number of carbonyl (C=O) groups excluding carboxylic acids is 1. The molecule has 0 radical (unpaired) electrons. The maximum absolute atomic E-state index is 11.5. The van der Waals surface area contributed by atoms with Crippen molar-refractivity contribution in [2.24, 2.45) is 0 Å². The van der Waals surface area contributed by atoms with Crippen LogP contribution in [-0.2, 0) is 22.4 Å². The highest BCUT2D eigenvalue weighted by atomic mass is 16.5. The smallest absolute Gasteiger partial charge is 0.309 e. The van der Waals surface area contributed by atoms with Crippen LogP contribution in [0.5, 0.6) is 0 Å². The zero-order valence-corrected chi connectivity index (χ0v) is 17.7. The van der Waals surface area contributed by atoms with Crippen LogP contribution in [0.1, 0.15) is 28.4 Å². The number of nitrogens with one attached hydrogen (secondary N) is 1. The first-order valence-electron chi connectivity index (χ1n) is 10.6. The summed E-state index contributed by atoms with van der Waals surface area (Å²) < 4.78 is 10.7. The van der Waals surface area contributed by atoms with E-state index in [9.17, 15) is 4.79 Å². The molecule has 3 aromatic carbocycles. The van der Waals surface area contributed by atoms with Gasteiger partial charge in [0, 0.05) is 30.8 Å². The molecule has 0 unspecified atom stereocenters. The molecule has 0 aliphatic rings. The SMILES string of the molecule is COC(=O)Cc1ccc2oc(CCNCC(c3ccccc3)c3ccccc3)cc2c1. The van der Waals surface area contributed by atoms with Gasteiger partial charge in [-0.25, -0.2) is 0 Å². The highest BCUT2D eigenvalue weighted by Crippen LogP contribution is 2.24. The molecule has 0 spiro atoms. The molecule has 1 aromatic heterocycles. The minimum Gasteiger partial charge on any atom is -0.469 e.